The van der Waals surface area contributed by atoms with Gasteiger partial charge in [-0.15, -0.1) is 0 Å². The van der Waals surface area contributed by atoms with E-state index in [-0.39, 0.29) is 5.41 Å². The molecular formula is C20H17Cl. The van der Waals surface area contributed by atoms with Crippen molar-refractivity contribution >= 4 is 22.4 Å². The van der Waals surface area contributed by atoms with Gasteiger partial charge in [-0.25, -0.2) is 0 Å². The zero-order valence-electron chi connectivity index (χ0n) is 12.5. The van der Waals surface area contributed by atoms with E-state index >= 15 is 0 Å². The van der Waals surface area contributed by atoms with E-state index in [0.717, 1.165) is 10.4 Å². The van der Waals surface area contributed by atoms with E-state index in [2.05, 4.69) is 69.3 Å². The Hall–Kier alpha value is -1.79. The molecule has 0 spiro atoms. The lowest BCUT2D eigenvalue weighted by molar-refractivity contribution is 0.660. The molecule has 0 amide bonds. The highest BCUT2D eigenvalue weighted by molar-refractivity contribution is 6.36. The zero-order chi connectivity index (χ0) is 14.8. The van der Waals surface area contributed by atoms with Crippen molar-refractivity contribution in [2.24, 2.45) is 0 Å². The highest BCUT2D eigenvalue weighted by atomic mass is 35.5. The molecule has 0 unspecified atom stereocenters. The maximum Gasteiger partial charge on any atom is 0.0487 e. The summed E-state index contributed by atoms with van der Waals surface area (Å²) in [5.74, 6) is 0. The van der Waals surface area contributed by atoms with E-state index in [1.807, 2.05) is 0 Å². The smallest absolute Gasteiger partial charge is 0.0487 e. The van der Waals surface area contributed by atoms with Crippen LogP contribution >= 0.6 is 11.6 Å². The molecule has 1 aliphatic rings. The lowest BCUT2D eigenvalue weighted by atomic mass is 9.81. The van der Waals surface area contributed by atoms with Crippen LogP contribution < -0.4 is 0 Å². The fourth-order valence-corrected chi connectivity index (χ4v) is 3.93. The molecule has 0 nitrogen and oxygen atoms in total. The van der Waals surface area contributed by atoms with Crippen LogP contribution in [0.15, 0.2) is 48.5 Å². The van der Waals surface area contributed by atoms with Crippen molar-refractivity contribution in [3.8, 4) is 11.1 Å². The van der Waals surface area contributed by atoms with Crippen LogP contribution in [0.4, 0.5) is 0 Å². The third-order valence-corrected chi connectivity index (χ3v) is 5.10. The van der Waals surface area contributed by atoms with Crippen LogP contribution in [0.25, 0.3) is 21.9 Å². The van der Waals surface area contributed by atoms with E-state index in [0.29, 0.717) is 0 Å². The van der Waals surface area contributed by atoms with Crippen molar-refractivity contribution in [2.75, 3.05) is 0 Å². The largest absolute Gasteiger partial charge is 0.0837 e. The van der Waals surface area contributed by atoms with E-state index < -0.39 is 0 Å². The van der Waals surface area contributed by atoms with Crippen LogP contribution in [0.3, 0.4) is 0 Å². The van der Waals surface area contributed by atoms with Gasteiger partial charge >= 0.3 is 0 Å². The van der Waals surface area contributed by atoms with Crippen LogP contribution in [0, 0.1) is 6.92 Å². The molecule has 0 bridgehead atoms. The molecule has 1 aliphatic carbocycles. The number of benzene rings is 3. The van der Waals surface area contributed by atoms with E-state index in [9.17, 15) is 0 Å². The summed E-state index contributed by atoms with van der Waals surface area (Å²) in [7, 11) is 0. The molecule has 21 heavy (non-hydrogen) atoms. The Bertz CT molecular complexity index is 888. The molecule has 3 aromatic rings. The van der Waals surface area contributed by atoms with Gasteiger partial charge in [-0.1, -0.05) is 73.5 Å². The minimum absolute atomic E-state index is 0.00432. The Morgan fingerprint density at radius 1 is 0.857 bits per heavy atom. The second-order valence-corrected chi connectivity index (χ2v) is 6.91. The number of hydrogen-bond donors (Lipinski definition) is 0. The molecule has 1 heteroatoms. The summed E-state index contributed by atoms with van der Waals surface area (Å²) >= 11 is 6.54. The molecule has 3 aromatic carbocycles. The second kappa shape index (κ2) is 4.11. The molecule has 0 radical (unpaired) electrons. The Balaban J connectivity index is 2.22. The first-order valence-corrected chi connectivity index (χ1v) is 7.71. The average Bonchev–Trinajstić information content (AvgIpc) is 2.68. The first kappa shape index (κ1) is 12.9. The molecular weight excluding hydrogens is 276 g/mol. The number of halogens is 1. The minimum Gasteiger partial charge on any atom is -0.0837 e. The Kier molecular flexibility index (Phi) is 2.53. The maximum absolute atomic E-state index is 6.54. The predicted molar refractivity (Wildman–Crippen MR) is 91.3 cm³/mol. The summed E-state index contributed by atoms with van der Waals surface area (Å²) in [4.78, 5) is 0. The molecule has 0 heterocycles. The van der Waals surface area contributed by atoms with Gasteiger partial charge in [0.25, 0.3) is 0 Å². The van der Waals surface area contributed by atoms with Gasteiger partial charge in [0.1, 0.15) is 0 Å². The van der Waals surface area contributed by atoms with Crippen molar-refractivity contribution in [3.63, 3.8) is 0 Å². The van der Waals surface area contributed by atoms with Gasteiger partial charge < -0.3 is 0 Å². The zero-order valence-corrected chi connectivity index (χ0v) is 13.3. The SMILES string of the molecule is Cc1ccc2c(c1)C(C)(C)c1cc(Cl)c3ccccc3c1-2. The normalized spacial score (nSPS) is 15.0. The Morgan fingerprint density at radius 3 is 2.33 bits per heavy atom. The van der Waals surface area contributed by atoms with Crippen molar-refractivity contribution in [2.45, 2.75) is 26.2 Å². The van der Waals surface area contributed by atoms with Crippen LogP contribution in [0.2, 0.25) is 5.02 Å². The molecule has 4 rings (SSSR count). The third-order valence-electron chi connectivity index (χ3n) is 4.79. The Morgan fingerprint density at radius 2 is 1.57 bits per heavy atom. The van der Waals surface area contributed by atoms with Gasteiger partial charge in [0.05, 0.1) is 0 Å². The van der Waals surface area contributed by atoms with Crippen molar-refractivity contribution in [1.29, 1.82) is 0 Å². The molecule has 0 atom stereocenters. The minimum atomic E-state index is 0.00432. The summed E-state index contributed by atoms with van der Waals surface area (Å²) in [5.41, 5.74) is 6.77. The van der Waals surface area contributed by atoms with Crippen LogP contribution in [0.1, 0.15) is 30.5 Å². The summed E-state index contributed by atoms with van der Waals surface area (Å²) < 4.78 is 0. The molecule has 0 fully saturated rings. The van der Waals surface area contributed by atoms with E-state index in [1.54, 1.807) is 0 Å². The van der Waals surface area contributed by atoms with Gasteiger partial charge in [-0.05, 0) is 40.6 Å². The molecule has 0 saturated carbocycles. The summed E-state index contributed by atoms with van der Waals surface area (Å²) in [6.07, 6.45) is 0. The molecule has 0 saturated heterocycles. The van der Waals surface area contributed by atoms with Crippen molar-refractivity contribution < 1.29 is 0 Å². The lowest BCUT2D eigenvalue weighted by Gasteiger charge is -2.22. The summed E-state index contributed by atoms with van der Waals surface area (Å²) in [5, 5.41) is 3.25. The van der Waals surface area contributed by atoms with Crippen molar-refractivity contribution in [3.05, 3.63) is 70.2 Å². The first-order chi connectivity index (χ1) is 10.00. The third kappa shape index (κ3) is 1.63. The van der Waals surface area contributed by atoms with Crippen molar-refractivity contribution in [1.82, 2.24) is 0 Å². The molecule has 104 valence electrons. The highest BCUT2D eigenvalue weighted by Gasteiger charge is 2.36. The highest BCUT2D eigenvalue weighted by Crippen LogP contribution is 2.52. The maximum atomic E-state index is 6.54. The van der Waals surface area contributed by atoms with Crippen LogP contribution in [-0.2, 0) is 5.41 Å². The summed E-state index contributed by atoms with van der Waals surface area (Å²) in [6.45, 7) is 6.74. The monoisotopic (exact) mass is 292 g/mol. The average molecular weight is 293 g/mol. The quantitative estimate of drug-likeness (QED) is 0.469. The van der Waals surface area contributed by atoms with E-state index in [4.69, 9.17) is 11.6 Å². The van der Waals surface area contributed by atoms with Gasteiger partial charge in [0.2, 0.25) is 0 Å². The van der Waals surface area contributed by atoms with Gasteiger partial charge in [-0.3, -0.25) is 0 Å². The topological polar surface area (TPSA) is 0 Å². The first-order valence-electron chi connectivity index (χ1n) is 7.33. The number of fused-ring (bicyclic) bond motifs is 5. The molecule has 0 aliphatic heterocycles. The van der Waals surface area contributed by atoms with E-state index in [1.165, 1.54) is 33.2 Å². The van der Waals surface area contributed by atoms with Gasteiger partial charge in [0.15, 0.2) is 0 Å². The summed E-state index contributed by atoms with van der Waals surface area (Å²) in [6, 6.07) is 17.4. The fourth-order valence-electron chi connectivity index (χ4n) is 3.65. The number of hydrogen-bond acceptors (Lipinski definition) is 0. The second-order valence-electron chi connectivity index (χ2n) is 6.50. The number of aryl methyl sites for hydroxylation is 1. The van der Waals surface area contributed by atoms with Gasteiger partial charge in [-0.2, -0.15) is 0 Å². The van der Waals surface area contributed by atoms with Crippen LogP contribution in [-0.4, -0.2) is 0 Å². The fraction of sp³-hybridized carbons (Fsp3) is 0.200. The van der Waals surface area contributed by atoms with Gasteiger partial charge in [0, 0.05) is 15.8 Å². The Labute approximate surface area is 130 Å². The lowest BCUT2D eigenvalue weighted by Crippen LogP contribution is -2.15. The van der Waals surface area contributed by atoms with Crippen LogP contribution in [0.5, 0.6) is 0 Å². The molecule has 0 aromatic heterocycles. The number of rotatable bonds is 0. The standard InChI is InChI=1S/C20H17Cl/c1-12-8-9-15-16(10-12)20(2,3)17-11-18(21)13-6-4-5-7-14(13)19(15)17/h4-11H,1-3H3. The molecule has 0 N–H and O–H groups in total. The predicted octanol–water partition coefficient (Wildman–Crippen LogP) is 6.11.